The second-order valence-corrected chi connectivity index (χ2v) is 6.83. The summed E-state index contributed by atoms with van der Waals surface area (Å²) < 4.78 is 1.25. The molecule has 9 nitrogen and oxygen atoms in total. The lowest BCUT2D eigenvalue weighted by Crippen LogP contribution is -2.25. The third-order valence-corrected chi connectivity index (χ3v) is 4.61. The molecule has 0 saturated carbocycles. The van der Waals surface area contributed by atoms with Crippen molar-refractivity contribution >= 4 is 29.8 Å². The lowest BCUT2D eigenvalue weighted by atomic mass is 10.1. The summed E-state index contributed by atoms with van der Waals surface area (Å²) in [5, 5.41) is 15.2. The fourth-order valence-corrected chi connectivity index (χ4v) is 2.84. The molecule has 0 aliphatic carbocycles. The van der Waals surface area contributed by atoms with Crippen LogP contribution in [-0.2, 0) is 11.3 Å². The Balaban J connectivity index is 1.46. The van der Waals surface area contributed by atoms with Gasteiger partial charge in [0.2, 0.25) is 11.1 Å². The molecule has 0 bridgehead atoms. The first-order chi connectivity index (χ1) is 13.6. The monoisotopic (exact) mass is 396 g/mol. The van der Waals surface area contributed by atoms with Crippen molar-refractivity contribution in [1.82, 2.24) is 25.2 Å². The number of thioether (sulfide) groups is 1. The standard InChI is InChI=1S/C18H20N8OS/c1-13-4-6-14(7-5-13)10-21-16(27)12-28-18-25-24-17(26(18)19)23-22-11-15-3-2-8-20-9-15/h2-9,11H,10,12,19H2,1H3,(H,21,27)(H,23,24)/b22-11+. The lowest BCUT2D eigenvalue weighted by Gasteiger charge is -2.06. The number of carbonyl (C=O) groups excluding carboxylic acids is 1. The third-order valence-electron chi connectivity index (χ3n) is 3.67. The van der Waals surface area contributed by atoms with Crippen LogP contribution < -0.4 is 16.6 Å². The van der Waals surface area contributed by atoms with Gasteiger partial charge in [-0.05, 0) is 18.6 Å². The molecule has 0 fully saturated rings. The number of benzene rings is 1. The van der Waals surface area contributed by atoms with E-state index in [1.807, 2.05) is 43.3 Å². The first-order valence-corrected chi connectivity index (χ1v) is 9.45. The number of hydrazone groups is 1. The molecule has 2 heterocycles. The molecule has 0 saturated heterocycles. The normalized spacial score (nSPS) is 10.9. The number of hydrogen-bond acceptors (Lipinski definition) is 8. The molecule has 0 spiro atoms. The van der Waals surface area contributed by atoms with Gasteiger partial charge in [-0.2, -0.15) is 5.10 Å². The van der Waals surface area contributed by atoms with Crippen LogP contribution in [0.5, 0.6) is 0 Å². The van der Waals surface area contributed by atoms with Crippen LogP contribution in [0.25, 0.3) is 0 Å². The predicted molar refractivity (Wildman–Crippen MR) is 109 cm³/mol. The van der Waals surface area contributed by atoms with Gasteiger partial charge in [0.1, 0.15) is 0 Å². The first-order valence-electron chi connectivity index (χ1n) is 8.46. The number of nitrogens with two attached hydrogens (primary N) is 1. The summed E-state index contributed by atoms with van der Waals surface area (Å²) in [5.74, 6) is 6.27. The van der Waals surface area contributed by atoms with Crippen molar-refractivity contribution < 1.29 is 4.79 Å². The Kier molecular flexibility index (Phi) is 6.58. The predicted octanol–water partition coefficient (Wildman–Crippen LogP) is 1.55. The zero-order valence-electron chi connectivity index (χ0n) is 15.2. The van der Waals surface area contributed by atoms with E-state index in [-0.39, 0.29) is 17.6 Å². The van der Waals surface area contributed by atoms with Gasteiger partial charge in [0.05, 0.1) is 12.0 Å². The number of aryl methyl sites for hydroxylation is 1. The number of amides is 1. The van der Waals surface area contributed by atoms with Crippen LogP contribution in [-0.4, -0.2) is 37.7 Å². The van der Waals surface area contributed by atoms with Crippen LogP contribution in [0.4, 0.5) is 5.95 Å². The van der Waals surface area contributed by atoms with Crippen molar-refractivity contribution in [3.63, 3.8) is 0 Å². The second-order valence-electron chi connectivity index (χ2n) is 5.88. The Labute approximate surface area is 166 Å². The molecule has 28 heavy (non-hydrogen) atoms. The van der Waals surface area contributed by atoms with E-state index in [9.17, 15) is 4.79 Å². The summed E-state index contributed by atoms with van der Waals surface area (Å²) in [6, 6.07) is 11.7. The number of rotatable bonds is 8. The van der Waals surface area contributed by atoms with Crippen molar-refractivity contribution in [2.24, 2.45) is 5.10 Å². The molecule has 1 amide bonds. The number of hydrogen-bond donors (Lipinski definition) is 3. The fraction of sp³-hybridized carbons (Fsp3) is 0.167. The first kappa shape index (κ1) is 19.4. The van der Waals surface area contributed by atoms with Gasteiger partial charge in [-0.1, -0.05) is 47.7 Å². The minimum absolute atomic E-state index is 0.113. The van der Waals surface area contributed by atoms with Crippen molar-refractivity contribution in [2.45, 2.75) is 18.6 Å². The van der Waals surface area contributed by atoms with Gasteiger partial charge in [-0.3, -0.25) is 9.78 Å². The molecule has 3 rings (SSSR count). The van der Waals surface area contributed by atoms with E-state index in [2.05, 4.69) is 31.0 Å². The van der Waals surface area contributed by atoms with Crippen molar-refractivity contribution in [3.05, 3.63) is 65.5 Å². The highest BCUT2D eigenvalue weighted by molar-refractivity contribution is 7.99. The largest absolute Gasteiger partial charge is 0.351 e. The molecule has 4 N–H and O–H groups in total. The Morgan fingerprint density at radius 1 is 1.29 bits per heavy atom. The molecular formula is C18H20N8OS. The van der Waals surface area contributed by atoms with Gasteiger partial charge in [0.15, 0.2) is 0 Å². The molecular weight excluding hydrogens is 376 g/mol. The van der Waals surface area contributed by atoms with Crippen LogP contribution in [0.2, 0.25) is 0 Å². The van der Waals surface area contributed by atoms with Crippen LogP contribution in [0.1, 0.15) is 16.7 Å². The van der Waals surface area contributed by atoms with Crippen molar-refractivity contribution in [1.29, 1.82) is 0 Å². The zero-order chi connectivity index (χ0) is 19.8. The van der Waals surface area contributed by atoms with E-state index in [1.165, 1.54) is 22.0 Å². The molecule has 3 aromatic rings. The smallest absolute Gasteiger partial charge is 0.264 e. The summed E-state index contributed by atoms with van der Waals surface area (Å²) in [6.45, 7) is 2.50. The molecule has 10 heteroatoms. The topological polar surface area (TPSA) is 123 Å². The number of pyridine rings is 1. The maximum Gasteiger partial charge on any atom is 0.264 e. The summed E-state index contributed by atoms with van der Waals surface area (Å²) in [5.41, 5.74) is 5.77. The van der Waals surface area contributed by atoms with Crippen LogP contribution >= 0.6 is 11.8 Å². The quantitative estimate of drug-likeness (QED) is 0.228. The highest BCUT2D eigenvalue weighted by Crippen LogP contribution is 2.16. The van der Waals surface area contributed by atoms with Gasteiger partial charge in [-0.25, -0.2) is 10.1 Å². The van der Waals surface area contributed by atoms with Crippen LogP contribution in [0.15, 0.2) is 59.0 Å². The molecule has 0 aliphatic heterocycles. The molecule has 0 aliphatic rings. The molecule has 0 atom stereocenters. The summed E-state index contributed by atoms with van der Waals surface area (Å²) >= 11 is 1.19. The van der Waals surface area contributed by atoms with Crippen molar-refractivity contribution in [2.75, 3.05) is 17.0 Å². The SMILES string of the molecule is Cc1ccc(CNC(=O)CSc2nnc(N/N=C/c3cccnc3)n2N)cc1. The molecule has 144 valence electrons. The van der Waals surface area contributed by atoms with Crippen LogP contribution in [0.3, 0.4) is 0 Å². The Morgan fingerprint density at radius 2 is 2.11 bits per heavy atom. The van der Waals surface area contributed by atoms with Gasteiger partial charge in [0.25, 0.3) is 5.95 Å². The number of aromatic nitrogens is 4. The maximum absolute atomic E-state index is 12.0. The number of nitrogen functional groups attached to an aromatic ring is 1. The number of carbonyl (C=O) groups is 1. The fourth-order valence-electron chi connectivity index (χ4n) is 2.16. The Hall–Kier alpha value is -3.40. The van der Waals surface area contributed by atoms with E-state index in [0.29, 0.717) is 11.7 Å². The Bertz CT molecular complexity index is 940. The third kappa shape index (κ3) is 5.55. The van der Waals surface area contributed by atoms with Crippen molar-refractivity contribution in [3.8, 4) is 0 Å². The number of nitrogens with zero attached hydrogens (tertiary/aromatic N) is 5. The maximum atomic E-state index is 12.0. The van der Waals surface area contributed by atoms with E-state index in [0.717, 1.165) is 11.1 Å². The molecule has 2 aromatic heterocycles. The minimum atomic E-state index is -0.113. The molecule has 1 aromatic carbocycles. The summed E-state index contributed by atoms with van der Waals surface area (Å²) in [4.78, 5) is 16.0. The summed E-state index contributed by atoms with van der Waals surface area (Å²) in [6.07, 6.45) is 4.95. The van der Waals surface area contributed by atoms with E-state index < -0.39 is 0 Å². The van der Waals surface area contributed by atoms with Gasteiger partial charge in [0, 0.05) is 24.5 Å². The van der Waals surface area contributed by atoms with E-state index >= 15 is 0 Å². The summed E-state index contributed by atoms with van der Waals surface area (Å²) in [7, 11) is 0. The van der Waals surface area contributed by atoms with Gasteiger partial charge < -0.3 is 11.2 Å². The molecule has 0 unspecified atom stereocenters. The second kappa shape index (κ2) is 9.51. The highest BCUT2D eigenvalue weighted by atomic mass is 32.2. The minimum Gasteiger partial charge on any atom is -0.351 e. The van der Waals surface area contributed by atoms with Gasteiger partial charge >= 0.3 is 0 Å². The number of anilines is 1. The average Bonchev–Trinajstić information content (AvgIpc) is 3.06. The zero-order valence-corrected chi connectivity index (χ0v) is 16.1. The van der Waals surface area contributed by atoms with Crippen LogP contribution in [0, 0.1) is 6.92 Å². The average molecular weight is 396 g/mol. The van der Waals surface area contributed by atoms with Gasteiger partial charge in [-0.15, -0.1) is 10.2 Å². The Morgan fingerprint density at radius 3 is 2.86 bits per heavy atom. The van der Waals surface area contributed by atoms with E-state index in [1.54, 1.807) is 18.6 Å². The number of nitrogens with one attached hydrogen (secondary N) is 2. The lowest BCUT2D eigenvalue weighted by molar-refractivity contribution is -0.118. The van der Waals surface area contributed by atoms with E-state index in [4.69, 9.17) is 5.84 Å². The highest BCUT2D eigenvalue weighted by Gasteiger charge is 2.11. The molecule has 0 radical (unpaired) electrons.